The topological polar surface area (TPSA) is 49.0 Å². The summed E-state index contributed by atoms with van der Waals surface area (Å²) in [4.78, 5) is 0. The van der Waals surface area contributed by atoms with Crippen LogP contribution in [0.5, 0.6) is 0 Å². The number of hydrogen-bond acceptors (Lipinski definition) is 3. The van der Waals surface area contributed by atoms with Crippen LogP contribution in [0.4, 0.5) is 5.69 Å². The maximum absolute atomic E-state index is 8.12. The van der Waals surface area contributed by atoms with Gasteiger partial charge in [0.05, 0.1) is 10.9 Å². The summed E-state index contributed by atoms with van der Waals surface area (Å²) in [6.45, 7) is 10.8. The van der Waals surface area contributed by atoms with Crippen molar-refractivity contribution in [3.05, 3.63) is 76.7 Å². The molecule has 0 radical (unpaired) electrons. The number of anilines is 1. The van der Waals surface area contributed by atoms with Crippen LogP contribution < -0.4 is 10.7 Å². The molecule has 2 aliphatic heterocycles. The number of allylic oxidation sites excluding steroid dienone is 1. The molecule has 0 bridgehead atoms. The Morgan fingerprint density at radius 3 is 2.33 bits per heavy atom. The first kappa shape index (κ1) is 18.7. The lowest BCUT2D eigenvalue weighted by Crippen LogP contribution is -2.31. The molecular weight excluding hydrogens is 368 g/mol. The van der Waals surface area contributed by atoms with Crippen molar-refractivity contribution in [3.63, 3.8) is 0 Å². The molecule has 3 nitrogen and oxygen atoms in total. The molecule has 2 aromatic carbocycles. The highest BCUT2D eigenvalue weighted by Crippen LogP contribution is 2.45. The number of rotatable bonds is 1. The van der Waals surface area contributed by atoms with Crippen molar-refractivity contribution in [2.24, 2.45) is 0 Å². The third-order valence-electron chi connectivity index (χ3n) is 5.83. The molecule has 0 unspecified atom stereocenters. The molecule has 3 aliphatic rings. The van der Waals surface area contributed by atoms with E-state index in [0.717, 1.165) is 33.5 Å². The Balaban J connectivity index is 1.96. The Morgan fingerprint density at radius 1 is 0.867 bits per heavy atom. The van der Waals surface area contributed by atoms with E-state index in [9.17, 15) is 0 Å². The fraction of sp³-hybridized carbons (Fsp3) is 0.222. The summed E-state index contributed by atoms with van der Waals surface area (Å²) in [7, 11) is 0. The predicted molar refractivity (Wildman–Crippen MR) is 125 cm³/mol. The van der Waals surface area contributed by atoms with Gasteiger partial charge in [-0.3, -0.25) is 0 Å². The summed E-state index contributed by atoms with van der Waals surface area (Å²) in [5, 5.41) is 13.3. The Morgan fingerprint density at radius 2 is 1.60 bits per heavy atom. The molecule has 3 heteroatoms. The standard InChI is InChI=1S/C27H26N2O/c1-15-10-16(2)12-18(11-15)25-20-7-6-19(28)13-23(20)30-26-21(25)8-9-22-24(26)17(3)14-27(4,5)29-22/h6-14,28-29H,1-5H3. The minimum absolute atomic E-state index is 0.105. The lowest BCUT2D eigenvalue weighted by Gasteiger charge is -2.32. The fourth-order valence-electron chi connectivity index (χ4n) is 4.88. The van der Waals surface area contributed by atoms with Gasteiger partial charge in [-0.15, -0.1) is 0 Å². The third-order valence-corrected chi connectivity index (χ3v) is 5.83. The Kier molecular flexibility index (Phi) is 3.94. The van der Waals surface area contributed by atoms with Crippen LogP contribution in [0.3, 0.4) is 0 Å². The van der Waals surface area contributed by atoms with Gasteiger partial charge in [-0.25, -0.2) is 0 Å². The van der Waals surface area contributed by atoms with E-state index in [4.69, 9.17) is 9.83 Å². The Hall–Kier alpha value is -3.33. The van der Waals surface area contributed by atoms with Crippen LogP contribution in [0, 0.1) is 19.3 Å². The molecule has 0 fully saturated rings. The Bertz CT molecular complexity index is 1370. The van der Waals surface area contributed by atoms with Gasteiger partial charge in [-0.1, -0.05) is 35.4 Å². The van der Waals surface area contributed by atoms with Crippen molar-refractivity contribution >= 4 is 22.2 Å². The average Bonchev–Trinajstić information content (AvgIpc) is 2.63. The maximum Gasteiger partial charge on any atom is 0.144 e. The molecule has 30 heavy (non-hydrogen) atoms. The largest absolute Gasteiger partial charge is 0.455 e. The lowest BCUT2D eigenvalue weighted by atomic mass is 9.87. The van der Waals surface area contributed by atoms with E-state index >= 15 is 0 Å². The summed E-state index contributed by atoms with van der Waals surface area (Å²) in [5.41, 5.74) is 10.0. The first-order valence-corrected chi connectivity index (χ1v) is 10.4. The second kappa shape index (κ2) is 6.33. The van der Waals surface area contributed by atoms with Crippen molar-refractivity contribution < 1.29 is 4.42 Å². The summed E-state index contributed by atoms with van der Waals surface area (Å²) < 4.78 is 6.49. The van der Waals surface area contributed by atoms with Crippen LogP contribution in [0.15, 0.2) is 59.0 Å². The number of fused-ring (bicyclic) bond motifs is 4. The van der Waals surface area contributed by atoms with Gasteiger partial charge in [0.1, 0.15) is 11.3 Å². The second-order valence-corrected chi connectivity index (χ2v) is 9.10. The van der Waals surface area contributed by atoms with Crippen LogP contribution >= 0.6 is 0 Å². The molecule has 0 amide bonds. The van der Waals surface area contributed by atoms with Crippen molar-refractivity contribution in [2.75, 3.05) is 5.32 Å². The summed E-state index contributed by atoms with van der Waals surface area (Å²) in [6, 6.07) is 16.7. The minimum Gasteiger partial charge on any atom is -0.455 e. The van der Waals surface area contributed by atoms with E-state index < -0.39 is 0 Å². The van der Waals surface area contributed by atoms with E-state index in [1.807, 2.05) is 18.2 Å². The zero-order valence-electron chi connectivity index (χ0n) is 18.1. The monoisotopic (exact) mass is 394 g/mol. The van der Waals surface area contributed by atoms with Gasteiger partial charge in [0.25, 0.3) is 0 Å². The molecule has 0 atom stereocenters. The Labute approximate surface area is 176 Å². The highest BCUT2D eigenvalue weighted by Gasteiger charge is 2.27. The smallest absolute Gasteiger partial charge is 0.144 e. The molecule has 0 saturated carbocycles. The van der Waals surface area contributed by atoms with Crippen LogP contribution in [-0.4, -0.2) is 5.54 Å². The van der Waals surface area contributed by atoms with E-state index in [2.05, 4.69) is 76.3 Å². The van der Waals surface area contributed by atoms with Gasteiger partial charge < -0.3 is 15.1 Å². The molecule has 150 valence electrons. The molecule has 0 spiro atoms. The average molecular weight is 395 g/mol. The molecule has 1 aliphatic carbocycles. The second-order valence-electron chi connectivity index (χ2n) is 9.10. The van der Waals surface area contributed by atoms with E-state index in [0.29, 0.717) is 5.36 Å². The fourth-order valence-corrected chi connectivity index (χ4v) is 4.88. The number of hydrogen-bond donors (Lipinski definition) is 2. The summed E-state index contributed by atoms with van der Waals surface area (Å²) in [6.07, 6.45) is 2.26. The highest BCUT2D eigenvalue weighted by molar-refractivity contribution is 6.07. The highest BCUT2D eigenvalue weighted by atomic mass is 16.3. The molecule has 5 rings (SSSR count). The normalized spacial score (nSPS) is 15.0. The molecule has 2 heterocycles. The molecular formula is C27H26N2O. The number of aryl methyl sites for hydroxylation is 2. The van der Waals surface area contributed by atoms with Crippen LogP contribution in [0.25, 0.3) is 39.0 Å². The third kappa shape index (κ3) is 2.93. The SMILES string of the molecule is CC1=CC(C)(C)Nc2ccc3c(-c4cc(C)cc(C)c4)c4ccc(=N)cc-4oc3c21. The number of benzene rings is 3. The van der Waals surface area contributed by atoms with Crippen LogP contribution in [-0.2, 0) is 0 Å². The zero-order valence-corrected chi connectivity index (χ0v) is 18.1. The minimum atomic E-state index is -0.105. The van der Waals surface area contributed by atoms with Gasteiger partial charge in [0.15, 0.2) is 0 Å². The quantitative estimate of drug-likeness (QED) is 0.345. The van der Waals surface area contributed by atoms with Crippen molar-refractivity contribution in [3.8, 4) is 22.5 Å². The molecule has 0 aromatic heterocycles. The van der Waals surface area contributed by atoms with E-state index in [1.165, 1.54) is 27.8 Å². The van der Waals surface area contributed by atoms with E-state index in [-0.39, 0.29) is 5.54 Å². The number of nitrogens with one attached hydrogen (secondary N) is 2. The summed E-state index contributed by atoms with van der Waals surface area (Å²) in [5.74, 6) is 0.746. The van der Waals surface area contributed by atoms with Crippen molar-refractivity contribution in [2.45, 2.75) is 40.2 Å². The van der Waals surface area contributed by atoms with E-state index in [1.54, 1.807) is 0 Å². The predicted octanol–water partition coefficient (Wildman–Crippen LogP) is 6.91. The first-order valence-electron chi connectivity index (χ1n) is 10.4. The van der Waals surface area contributed by atoms with Gasteiger partial charge in [-0.2, -0.15) is 0 Å². The zero-order chi connectivity index (χ0) is 21.2. The maximum atomic E-state index is 8.12. The molecule has 0 saturated heterocycles. The van der Waals surface area contributed by atoms with Crippen molar-refractivity contribution in [1.29, 1.82) is 5.41 Å². The van der Waals surface area contributed by atoms with Gasteiger partial charge in [-0.05, 0) is 70.0 Å². The molecule has 2 N–H and O–H groups in total. The van der Waals surface area contributed by atoms with Crippen LogP contribution in [0.1, 0.15) is 37.5 Å². The van der Waals surface area contributed by atoms with Crippen molar-refractivity contribution in [1.82, 2.24) is 0 Å². The van der Waals surface area contributed by atoms with Gasteiger partial charge in [0, 0.05) is 33.8 Å². The van der Waals surface area contributed by atoms with Gasteiger partial charge in [0.2, 0.25) is 0 Å². The van der Waals surface area contributed by atoms with Gasteiger partial charge >= 0.3 is 0 Å². The molecule has 2 aromatic rings. The van der Waals surface area contributed by atoms with Crippen LogP contribution in [0.2, 0.25) is 0 Å². The summed E-state index contributed by atoms with van der Waals surface area (Å²) >= 11 is 0. The first-order chi connectivity index (χ1) is 14.2. The lowest BCUT2D eigenvalue weighted by molar-refractivity contribution is 0.616.